The van der Waals surface area contributed by atoms with Crippen molar-refractivity contribution in [3.05, 3.63) is 35.1 Å². The highest BCUT2D eigenvalue weighted by Crippen LogP contribution is 2.30. The number of ether oxygens (including phenoxy) is 1. The lowest BCUT2D eigenvalue weighted by molar-refractivity contribution is -0.140. The number of hydrogen-bond acceptors (Lipinski definition) is 3. The minimum atomic E-state index is -4.71. The fourth-order valence-corrected chi connectivity index (χ4v) is 1.76. The number of alkyl halides is 3. The molecule has 1 aromatic rings. The molecule has 0 bridgehead atoms. The van der Waals surface area contributed by atoms with Gasteiger partial charge in [-0.1, -0.05) is 6.07 Å². The van der Waals surface area contributed by atoms with Crippen LogP contribution in [-0.2, 0) is 22.1 Å². The van der Waals surface area contributed by atoms with Crippen molar-refractivity contribution in [3.63, 3.8) is 0 Å². The highest BCUT2D eigenvalue weighted by Gasteiger charge is 2.32. The van der Waals surface area contributed by atoms with E-state index >= 15 is 0 Å². The number of nitrogens with one attached hydrogen (secondary N) is 1. The van der Waals surface area contributed by atoms with Gasteiger partial charge in [0.25, 0.3) is 0 Å². The Hall–Kier alpha value is -2.32. The Morgan fingerprint density at radius 2 is 1.83 bits per heavy atom. The minimum Gasteiger partial charge on any atom is -0.480 e. The van der Waals surface area contributed by atoms with Crippen molar-refractivity contribution in [3.8, 4) is 0 Å². The van der Waals surface area contributed by atoms with Crippen LogP contribution in [0.1, 0.15) is 31.9 Å². The van der Waals surface area contributed by atoms with E-state index in [1.165, 1.54) is 0 Å². The lowest BCUT2D eigenvalue weighted by Crippen LogP contribution is -2.44. The molecule has 1 atom stereocenters. The van der Waals surface area contributed by atoms with E-state index in [1.54, 1.807) is 20.8 Å². The lowest BCUT2D eigenvalue weighted by atomic mass is 10.0. The second-order valence-corrected chi connectivity index (χ2v) is 6.05. The van der Waals surface area contributed by atoms with Crippen LogP contribution in [0.25, 0.3) is 0 Å². The molecule has 24 heavy (non-hydrogen) atoms. The third kappa shape index (κ3) is 6.05. The topological polar surface area (TPSA) is 75.6 Å². The number of rotatable bonds is 4. The van der Waals surface area contributed by atoms with E-state index in [4.69, 9.17) is 9.84 Å². The van der Waals surface area contributed by atoms with Gasteiger partial charge in [-0.15, -0.1) is 0 Å². The van der Waals surface area contributed by atoms with Crippen molar-refractivity contribution in [2.45, 2.75) is 45.0 Å². The molecule has 0 aliphatic carbocycles. The molecule has 1 rings (SSSR count). The second kappa shape index (κ2) is 7.06. The Kier molecular flexibility index (Phi) is 5.80. The SMILES string of the molecule is CC(C)(C)OC(=O)N[C@H](Cc1ccc(C(F)(F)F)cc1F)C(=O)O. The molecule has 0 heterocycles. The third-order valence-corrected chi connectivity index (χ3v) is 2.79. The molecule has 0 aromatic heterocycles. The average Bonchev–Trinajstić information content (AvgIpc) is 2.36. The maximum Gasteiger partial charge on any atom is 0.416 e. The molecule has 5 nitrogen and oxygen atoms in total. The molecule has 0 spiro atoms. The molecule has 0 fully saturated rings. The molecule has 0 radical (unpaired) electrons. The first-order chi connectivity index (χ1) is 10.8. The predicted octanol–water partition coefficient (Wildman–Crippen LogP) is 3.36. The lowest BCUT2D eigenvalue weighted by Gasteiger charge is -2.22. The maximum atomic E-state index is 13.8. The summed E-state index contributed by atoms with van der Waals surface area (Å²) in [6.45, 7) is 4.70. The largest absolute Gasteiger partial charge is 0.480 e. The van der Waals surface area contributed by atoms with E-state index in [9.17, 15) is 27.2 Å². The molecular weight excluding hydrogens is 334 g/mol. The van der Waals surface area contributed by atoms with E-state index in [0.717, 1.165) is 6.07 Å². The number of carbonyl (C=O) groups is 2. The van der Waals surface area contributed by atoms with E-state index in [0.29, 0.717) is 6.07 Å². The van der Waals surface area contributed by atoms with E-state index in [2.05, 4.69) is 0 Å². The van der Waals surface area contributed by atoms with Crippen molar-refractivity contribution in [2.24, 2.45) is 0 Å². The molecular formula is C15H17F4NO4. The van der Waals surface area contributed by atoms with Gasteiger partial charge in [0.1, 0.15) is 17.5 Å². The monoisotopic (exact) mass is 351 g/mol. The summed E-state index contributed by atoms with van der Waals surface area (Å²) in [5, 5.41) is 11.1. The molecule has 0 aliphatic heterocycles. The summed E-state index contributed by atoms with van der Waals surface area (Å²) in [4.78, 5) is 22.8. The smallest absolute Gasteiger partial charge is 0.416 e. The summed E-state index contributed by atoms with van der Waals surface area (Å²) in [5.41, 5.74) is -2.32. The standard InChI is InChI=1S/C15H17F4NO4/c1-14(2,3)24-13(23)20-11(12(21)22)6-8-4-5-9(7-10(8)16)15(17,18)19/h4-5,7,11H,6H2,1-3H3,(H,20,23)(H,21,22)/t11-/m1/s1. The summed E-state index contributed by atoms with van der Waals surface area (Å²) >= 11 is 0. The average molecular weight is 351 g/mol. The number of hydrogen-bond donors (Lipinski definition) is 2. The van der Waals surface area contributed by atoms with Crippen molar-refractivity contribution >= 4 is 12.1 Å². The number of carboxylic acid groups (broad SMARTS) is 1. The van der Waals surface area contributed by atoms with Gasteiger partial charge in [-0.25, -0.2) is 14.0 Å². The highest BCUT2D eigenvalue weighted by atomic mass is 19.4. The van der Waals surface area contributed by atoms with Gasteiger partial charge < -0.3 is 15.2 Å². The van der Waals surface area contributed by atoms with Crippen molar-refractivity contribution in [2.75, 3.05) is 0 Å². The number of benzene rings is 1. The number of aliphatic carboxylic acids is 1. The zero-order chi connectivity index (χ0) is 18.7. The van der Waals surface area contributed by atoms with Crippen molar-refractivity contribution < 1.29 is 37.0 Å². The molecule has 0 saturated carbocycles. The van der Waals surface area contributed by atoms with Crippen LogP contribution in [0.15, 0.2) is 18.2 Å². The summed E-state index contributed by atoms with van der Waals surface area (Å²) in [6.07, 6.45) is -6.26. The van der Waals surface area contributed by atoms with Gasteiger partial charge in [-0.3, -0.25) is 0 Å². The number of carbonyl (C=O) groups excluding carboxylic acids is 1. The van der Waals surface area contributed by atoms with E-state index in [1.807, 2.05) is 5.32 Å². The van der Waals surface area contributed by atoms with Gasteiger partial charge in [-0.2, -0.15) is 13.2 Å². The van der Waals surface area contributed by atoms with Gasteiger partial charge in [0.05, 0.1) is 5.56 Å². The van der Waals surface area contributed by atoms with Crippen LogP contribution in [0.4, 0.5) is 22.4 Å². The molecule has 2 N–H and O–H groups in total. The maximum absolute atomic E-state index is 13.8. The summed E-state index contributed by atoms with van der Waals surface area (Å²) in [6, 6.07) is 0.211. The number of alkyl carbamates (subject to hydrolysis) is 1. The van der Waals surface area contributed by atoms with Crippen LogP contribution in [-0.4, -0.2) is 28.8 Å². The molecule has 9 heteroatoms. The summed E-state index contributed by atoms with van der Waals surface area (Å²) in [5.74, 6) is -2.68. The highest BCUT2D eigenvalue weighted by molar-refractivity contribution is 5.80. The fraction of sp³-hybridized carbons (Fsp3) is 0.467. The molecule has 0 saturated heterocycles. The first-order valence-corrected chi connectivity index (χ1v) is 6.87. The zero-order valence-electron chi connectivity index (χ0n) is 13.2. The Labute approximate surface area is 135 Å². The number of amides is 1. The first-order valence-electron chi connectivity index (χ1n) is 6.87. The van der Waals surface area contributed by atoms with Crippen LogP contribution >= 0.6 is 0 Å². The van der Waals surface area contributed by atoms with Crippen molar-refractivity contribution in [1.82, 2.24) is 5.32 Å². The quantitative estimate of drug-likeness (QED) is 0.816. The second-order valence-electron chi connectivity index (χ2n) is 6.05. The first kappa shape index (κ1) is 19.7. The fourth-order valence-electron chi connectivity index (χ4n) is 1.76. The Balaban J connectivity index is 2.90. The van der Waals surface area contributed by atoms with Crippen LogP contribution in [0.5, 0.6) is 0 Å². The minimum absolute atomic E-state index is 0.272. The Morgan fingerprint density at radius 3 is 2.25 bits per heavy atom. The van der Waals surface area contributed by atoms with Gasteiger partial charge >= 0.3 is 18.2 Å². The van der Waals surface area contributed by atoms with Crippen LogP contribution in [0.3, 0.4) is 0 Å². The Bertz CT molecular complexity index is 623. The zero-order valence-corrected chi connectivity index (χ0v) is 13.2. The molecule has 1 aromatic carbocycles. The Morgan fingerprint density at radius 1 is 1.25 bits per heavy atom. The molecule has 0 unspecified atom stereocenters. The molecule has 1 amide bonds. The van der Waals surface area contributed by atoms with Gasteiger partial charge in [0.2, 0.25) is 0 Å². The predicted molar refractivity (Wildman–Crippen MR) is 75.9 cm³/mol. The van der Waals surface area contributed by atoms with Crippen LogP contribution in [0.2, 0.25) is 0 Å². The molecule has 134 valence electrons. The normalized spacial score (nSPS) is 13.3. The summed E-state index contributed by atoms with van der Waals surface area (Å²) < 4.78 is 56.1. The van der Waals surface area contributed by atoms with Gasteiger partial charge in [0, 0.05) is 6.42 Å². The number of halogens is 4. The van der Waals surface area contributed by atoms with E-state index < -0.39 is 47.7 Å². The summed E-state index contributed by atoms with van der Waals surface area (Å²) in [7, 11) is 0. The van der Waals surface area contributed by atoms with Crippen LogP contribution < -0.4 is 5.32 Å². The number of carboxylic acids is 1. The van der Waals surface area contributed by atoms with Gasteiger partial charge in [0.15, 0.2) is 0 Å². The van der Waals surface area contributed by atoms with E-state index in [-0.39, 0.29) is 11.6 Å². The van der Waals surface area contributed by atoms with Gasteiger partial charge in [-0.05, 0) is 38.5 Å². The van der Waals surface area contributed by atoms with Crippen molar-refractivity contribution in [1.29, 1.82) is 0 Å². The molecule has 0 aliphatic rings. The van der Waals surface area contributed by atoms with Crippen LogP contribution in [0, 0.1) is 5.82 Å². The third-order valence-electron chi connectivity index (χ3n) is 2.79.